The van der Waals surface area contributed by atoms with Crippen molar-refractivity contribution in [2.24, 2.45) is 5.92 Å². The van der Waals surface area contributed by atoms with E-state index in [-0.39, 0.29) is 54.2 Å². The maximum Gasteiger partial charge on any atom is 0.332 e. The average molecular weight is 1830 g/mol. The fraction of sp³-hybridized carbons (Fsp3) is 0.636. The molecule has 0 aliphatic carbocycles. The number of aldehydes is 1. The number of terminal acetylenes is 1. The third kappa shape index (κ3) is 132. The first-order chi connectivity index (χ1) is 54.6. The first-order valence-electron chi connectivity index (χ1n) is 39.0. The summed E-state index contributed by atoms with van der Waals surface area (Å²) in [7, 11) is 3.66. The molecule has 0 aromatic rings. The van der Waals surface area contributed by atoms with Gasteiger partial charge in [-0.1, -0.05) is 202 Å². The van der Waals surface area contributed by atoms with Crippen molar-refractivity contribution in [1.29, 1.82) is 0 Å². The fourth-order valence-corrected chi connectivity index (χ4v) is 10.2. The van der Waals surface area contributed by atoms with Gasteiger partial charge in [-0.25, -0.2) is 0 Å². The number of methoxy groups -OCH3 is 5. The van der Waals surface area contributed by atoms with Crippen molar-refractivity contribution < 1.29 is 85.2 Å². The van der Waals surface area contributed by atoms with Gasteiger partial charge in [-0.3, -0.25) is 24.0 Å². The van der Waals surface area contributed by atoms with Crippen molar-refractivity contribution in [3.05, 3.63) is 81.8 Å². The largest absolute Gasteiger partial charge is 0.469 e. The smallest absolute Gasteiger partial charge is 0.332 e. The summed E-state index contributed by atoms with van der Waals surface area (Å²) < 4.78 is 48.5. The number of ether oxygens (including phenoxy) is 5. The highest BCUT2D eigenvalue weighted by Crippen LogP contribution is 2.39. The number of alkyl halides is 1. The number of allylic oxidation sites excluding steroid dienone is 9. The van der Waals surface area contributed by atoms with Gasteiger partial charge in [0, 0.05) is 108 Å². The lowest BCUT2D eigenvalue weighted by Crippen LogP contribution is -2.44. The van der Waals surface area contributed by atoms with Crippen molar-refractivity contribution in [3.8, 4) is 82.6 Å². The van der Waals surface area contributed by atoms with Crippen LogP contribution in [-0.2, 0) is 75.0 Å². The SMILES string of the molecule is C#CCCCCC(=O)OC.CC(C)(C)[Si](C)(C)O[C@@H](C=O)CC#C[Si](C)(C)C.CCC/C=C/C#CCCCCC(=O)OC.CCOP.CCOP(OCC)OCC.COC(=O)CCCCC#C/C=C/C=C[C@H](C)CC#C[Si](C)(C)C.COC(=O)CCCCC#C/C=C/CBr.COC(=O)CCCCC#C/C=C/CO.O=O.OC/C=C/Br. The Morgan fingerprint density at radius 1 is 0.504 bits per heavy atom. The number of hydrogen-bond donors (Lipinski definition) is 2. The van der Waals surface area contributed by atoms with Crippen LogP contribution < -0.4 is 0 Å². The first kappa shape index (κ1) is 130. The first-order valence-corrected chi connectivity index (χ1v) is 52.5. The molecule has 0 amide bonds. The van der Waals surface area contributed by atoms with Gasteiger partial charge in [-0.2, -0.15) is 0 Å². The van der Waals surface area contributed by atoms with Crippen LogP contribution in [0.5, 0.6) is 0 Å². The van der Waals surface area contributed by atoms with Crippen molar-refractivity contribution in [3.63, 3.8) is 0 Å². The van der Waals surface area contributed by atoms with Crippen LogP contribution in [0.25, 0.3) is 0 Å². The Bertz CT molecular complexity index is 2900. The van der Waals surface area contributed by atoms with Crippen LogP contribution in [0.3, 0.4) is 0 Å². The van der Waals surface area contributed by atoms with Gasteiger partial charge >= 0.3 is 38.4 Å². The number of carbonyl (C=O) groups is 6. The zero-order chi connectivity index (χ0) is 90.0. The monoisotopic (exact) mass is 1830 g/mol. The normalized spacial score (nSPS) is 10.8. The minimum Gasteiger partial charge on any atom is -0.469 e. The molecule has 0 bridgehead atoms. The average Bonchev–Trinajstić information content (AvgIpc) is 0.833. The summed E-state index contributed by atoms with van der Waals surface area (Å²) in [6.45, 7) is 39.1. The lowest BCUT2D eigenvalue weighted by molar-refractivity contribution is -0.141. The molecule has 3 atom stereocenters. The fourth-order valence-electron chi connectivity index (χ4n) is 6.45. The highest BCUT2D eigenvalue weighted by molar-refractivity contribution is 9.11. The Balaban J connectivity index is -0.000000139. The third-order valence-electron chi connectivity index (χ3n) is 13.3. The maximum atomic E-state index is 11.1. The zero-order valence-corrected chi connectivity index (χ0v) is 82.4. The number of carbonyl (C=O) groups excluding carboxylic acids is 6. The van der Waals surface area contributed by atoms with E-state index in [0.717, 1.165) is 134 Å². The predicted octanol–water partition coefficient (Wildman–Crippen LogP) is 21.1. The minimum atomic E-state index is -1.87. The van der Waals surface area contributed by atoms with E-state index in [1.165, 1.54) is 35.5 Å². The summed E-state index contributed by atoms with van der Waals surface area (Å²) in [5.74, 6) is 32.4. The number of hydrogen-bond acceptors (Lipinski definition) is 20. The van der Waals surface area contributed by atoms with Gasteiger partial charge in [0.1, 0.15) is 28.5 Å². The molecule has 115 heavy (non-hydrogen) atoms. The molecular formula is C88H148Br2O20P2Si3. The summed E-state index contributed by atoms with van der Waals surface area (Å²) >= 11 is 6.23. The van der Waals surface area contributed by atoms with Crippen LogP contribution in [0.1, 0.15) is 216 Å². The quantitative estimate of drug-likeness (QED) is 0.00666. The standard InChI is InChI=1S/C20H30O2Si.C14H28O2Si2.C13H20O2.C11H15BrO2.C11H16O3.C8H12O2.C6H15O3P.C3H5BrO.C2H7OP.O2/c1-19(16-14-18-23(3,4)5)15-12-10-8-6-7-9-11-13-17-20(21)22-2;1-14(2,3)18(7,8)16-13(12-15)10-9-11-17(4,5)6;1-3-4-5-6-7-8-9-10-11-12-13(14)15-2;2*1-14-11(13)9-7-5-3-2-4-6-8-10-12;1-3-4-5-6-7-8(9)10-2;1-4-7-10(8-5-2)9-6-3;4-2-1-3-5;1-2-3-4;1-2/h8,10,12,15,19H,9,11,13,16-17H2,1-5H3;12-13H,10H2,1-8H3;5-6H,3-4,9-12H2,1-2H3;6,8H,3,5,7,9-10H2,1H3;6,8,12H,3,5,7,9-10H2,1H3;1H,4-7H2,2H3;4-6H2,1-3H3;1-2,5H,3H2;2,4H2,1H3;/b10-8+,15-12?;;6-5+;2*8-6+;;;2-1+;;/t19-;13-;;;;;;;;/m01......../s1. The molecule has 2 N–H and O–H groups in total. The van der Waals surface area contributed by atoms with Crippen molar-refractivity contribution in [1.82, 2.24) is 0 Å². The molecule has 0 aliphatic heterocycles. The molecule has 0 spiro atoms. The summed E-state index contributed by atoms with van der Waals surface area (Å²) in [6.07, 6.45) is 45.1. The van der Waals surface area contributed by atoms with Gasteiger partial charge in [0.2, 0.25) is 0 Å². The second-order valence-electron chi connectivity index (χ2n) is 27.0. The molecule has 0 aromatic heterocycles. The lowest BCUT2D eigenvalue weighted by Gasteiger charge is -2.37. The summed E-state index contributed by atoms with van der Waals surface area (Å²) in [5, 5.41) is 17.3. The van der Waals surface area contributed by atoms with E-state index in [9.17, 15) is 28.8 Å². The van der Waals surface area contributed by atoms with Crippen LogP contribution in [-0.4, -0.2) is 157 Å². The highest BCUT2D eigenvalue weighted by atomic mass is 79.9. The van der Waals surface area contributed by atoms with E-state index in [1.807, 2.05) is 64.2 Å². The topological polar surface area (TPSA) is 269 Å². The van der Waals surface area contributed by atoms with Crippen LogP contribution in [0, 0.1) is 98.5 Å². The van der Waals surface area contributed by atoms with E-state index < -0.39 is 33.1 Å². The molecule has 20 nitrogen and oxygen atoms in total. The zero-order valence-electron chi connectivity index (χ0n) is 74.2. The molecule has 1 unspecified atom stereocenters. The molecule has 656 valence electrons. The highest BCUT2D eigenvalue weighted by Gasteiger charge is 2.39. The maximum absolute atomic E-state index is 11.1. The third-order valence-corrected chi connectivity index (χ3v) is 22.2. The van der Waals surface area contributed by atoms with Gasteiger partial charge in [-0.05, 0) is 152 Å². The number of unbranched alkanes of at least 4 members (excludes halogenated alkanes) is 11. The second-order valence-corrected chi connectivity index (χ2v) is 44.0. The van der Waals surface area contributed by atoms with Crippen LogP contribution in [0.2, 0.25) is 57.4 Å². The molecular weight excluding hydrogens is 1680 g/mol. The molecule has 27 heteroatoms. The number of halogens is 2. The van der Waals surface area contributed by atoms with E-state index in [4.69, 9.17) is 44.6 Å². The van der Waals surface area contributed by atoms with Gasteiger partial charge in [0.05, 0.1) is 68.6 Å². The Labute approximate surface area is 721 Å². The van der Waals surface area contributed by atoms with E-state index >= 15 is 0 Å². The number of aliphatic hydroxyl groups excluding tert-OH is 2. The predicted molar refractivity (Wildman–Crippen MR) is 498 cm³/mol. The van der Waals surface area contributed by atoms with Gasteiger partial charge < -0.3 is 61.2 Å². The van der Waals surface area contributed by atoms with Crippen molar-refractivity contribution in [2.45, 2.75) is 280 Å². The minimum absolute atomic E-state index is 0.0248. The summed E-state index contributed by atoms with van der Waals surface area (Å²) in [4.78, 5) is 80.3. The molecule has 0 heterocycles. The number of esters is 5. The summed E-state index contributed by atoms with van der Waals surface area (Å²) in [5.41, 5.74) is 6.66. The molecule has 0 saturated heterocycles. The Morgan fingerprint density at radius 3 is 1.12 bits per heavy atom. The Morgan fingerprint density at radius 2 is 0.843 bits per heavy atom. The molecule has 0 aromatic carbocycles. The van der Waals surface area contributed by atoms with E-state index in [1.54, 1.807) is 23.2 Å². The Kier molecular flexibility index (Phi) is 118. The van der Waals surface area contributed by atoms with Crippen molar-refractivity contribution >= 4 is 111 Å². The van der Waals surface area contributed by atoms with Crippen LogP contribution >= 0.6 is 49.9 Å². The lowest BCUT2D eigenvalue weighted by atomic mass is 10.1. The van der Waals surface area contributed by atoms with Crippen LogP contribution in [0.4, 0.5) is 0 Å². The molecule has 0 aliphatic rings. The van der Waals surface area contributed by atoms with E-state index in [2.05, 4.69) is 245 Å². The number of rotatable bonds is 39. The van der Waals surface area contributed by atoms with Gasteiger partial charge in [-0.15, -0.1) is 35.3 Å². The van der Waals surface area contributed by atoms with Gasteiger partial charge in [0.25, 0.3) is 0 Å². The molecule has 0 rings (SSSR count). The molecule has 0 fully saturated rings. The van der Waals surface area contributed by atoms with Crippen molar-refractivity contribution in [2.75, 3.05) is 80.5 Å². The summed E-state index contributed by atoms with van der Waals surface area (Å²) in [6, 6.07) is 0. The van der Waals surface area contributed by atoms with Gasteiger partial charge in [0.15, 0.2) is 8.32 Å². The second kappa shape index (κ2) is 104. The number of aliphatic hydroxyl groups is 2. The van der Waals surface area contributed by atoms with E-state index in [0.29, 0.717) is 64.3 Å². The Hall–Kier alpha value is -5.83. The van der Waals surface area contributed by atoms with Crippen LogP contribution in [0.15, 0.2) is 71.8 Å². The molecule has 0 radical (unpaired) electrons. The molecule has 0 saturated carbocycles.